The van der Waals surface area contributed by atoms with Crippen LogP contribution in [0.3, 0.4) is 0 Å². The molecule has 0 spiro atoms. The fraction of sp³-hybridized carbons (Fsp3) is 0.667. The van der Waals surface area contributed by atoms with Gasteiger partial charge in [-0.2, -0.15) is 0 Å². The number of hydrogen-bond donors (Lipinski definition) is 0. The summed E-state index contributed by atoms with van der Waals surface area (Å²) in [5.74, 6) is 0.333. The molecule has 0 aliphatic rings. The van der Waals surface area contributed by atoms with Crippen LogP contribution in [0.25, 0.3) is 0 Å². The largest absolute Gasteiger partial charge is 0.405 e. The van der Waals surface area contributed by atoms with Crippen LogP contribution in [0.15, 0.2) is 12.4 Å². The van der Waals surface area contributed by atoms with Crippen LogP contribution in [0.2, 0.25) is 0 Å². The average molecular weight is 416 g/mol. The van der Waals surface area contributed by atoms with Crippen molar-refractivity contribution in [3.8, 4) is 11.8 Å². The second kappa shape index (κ2) is 10.7. The topological polar surface area (TPSA) is 81.2 Å². The van der Waals surface area contributed by atoms with Crippen molar-refractivity contribution in [3.05, 3.63) is 12.4 Å². The summed E-state index contributed by atoms with van der Waals surface area (Å²) < 4.78 is 32.8. The third-order valence-electron chi connectivity index (χ3n) is 2.18. The first-order chi connectivity index (χ1) is 11.4. The van der Waals surface area contributed by atoms with Crippen molar-refractivity contribution in [1.29, 1.82) is 0 Å². The summed E-state index contributed by atoms with van der Waals surface area (Å²) in [4.78, 5) is 7.99. The van der Waals surface area contributed by atoms with E-state index in [9.17, 15) is 0 Å². The monoisotopic (exact) mass is 416 g/mol. The molecular weight excluding hydrogens is 394 g/mol. The second-order valence-electron chi connectivity index (χ2n) is 3.94. The minimum Gasteiger partial charge on any atom is -0.405 e. The van der Waals surface area contributed by atoms with Gasteiger partial charge in [-0.1, -0.05) is 0 Å². The Morgan fingerprint density at radius 2 is 1.08 bits per heavy atom. The Balaban J connectivity index is 2.93. The number of hydrogen-bond acceptors (Lipinski definition) is 10. The maximum Gasteiger partial charge on any atom is 0.381 e. The van der Waals surface area contributed by atoms with Gasteiger partial charge in [0.1, 0.15) is 6.33 Å². The molecule has 0 saturated heterocycles. The lowest BCUT2D eigenvalue weighted by Crippen LogP contribution is -2.05. The highest BCUT2D eigenvalue weighted by molar-refractivity contribution is 8.08. The summed E-state index contributed by atoms with van der Waals surface area (Å²) in [5.41, 5.74) is 0. The molecule has 1 aromatic rings. The van der Waals surface area contributed by atoms with E-state index in [-0.39, 0.29) is 11.8 Å². The van der Waals surface area contributed by atoms with Crippen LogP contribution in [0.5, 0.6) is 11.8 Å². The van der Waals surface area contributed by atoms with Gasteiger partial charge in [-0.05, 0) is 27.7 Å². The fourth-order valence-electron chi connectivity index (χ4n) is 1.46. The van der Waals surface area contributed by atoms with Gasteiger partial charge in [0.2, 0.25) is 11.8 Å². The van der Waals surface area contributed by atoms with Crippen LogP contribution in [0.1, 0.15) is 27.7 Å². The van der Waals surface area contributed by atoms with E-state index in [0.29, 0.717) is 26.4 Å². The van der Waals surface area contributed by atoms with Crippen molar-refractivity contribution in [3.63, 3.8) is 0 Å². The Bertz CT molecular complexity index is 539. The zero-order valence-corrected chi connectivity index (χ0v) is 17.5. The van der Waals surface area contributed by atoms with E-state index in [1.54, 1.807) is 27.7 Å². The lowest BCUT2D eigenvalue weighted by molar-refractivity contribution is 0.213. The van der Waals surface area contributed by atoms with E-state index in [4.69, 9.17) is 50.8 Å². The zero-order valence-electron chi connectivity index (χ0n) is 14.0. The second-order valence-corrected chi connectivity index (χ2v) is 9.81. The molecule has 0 N–H and O–H groups in total. The standard InChI is InChI=1S/C12H22N2O6P2S2/c1-5-15-21(23,16-6-2)19-11-9-12(14-10-13-11)20-22(24,17-7-3)18-8-4/h9-10H,5-8H2,1-4H3. The van der Waals surface area contributed by atoms with Crippen molar-refractivity contribution >= 4 is 37.1 Å². The van der Waals surface area contributed by atoms with Crippen LogP contribution >= 0.6 is 13.4 Å². The van der Waals surface area contributed by atoms with Gasteiger partial charge in [0.05, 0.1) is 32.5 Å². The summed E-state index contributed by atoms with van der Waals surface area (Å²) in [7, 11) is 0. The van der Waals surface area contributed by atoms with Gasteiger partial charge >= 0.3 is 13.4 Å². The summed E-state index contributed by atoms with van der Waals surface area (Å²) in [6.07, 6.45) is 1.26. The summed E-state index contributed by atoms with van der Waals surface area (Å²) >= 11 is 10.6. The fourth-order valence-corrected chi connectivity index (χ4v) is 5.47. The van der Waals surface area contributed by atoms with Crippen molar-refractivity contribution in [1.82, 2.24) is 9.97 Å². The third kappa shape index (κ3) is 7.37. The molecule has 138 valence electrons. The highest BCUT2D eigenvalue weighted by atomic mass is 32.5. The van der Waals surface area contributed by atoms with Crippen molar-refractivity contribution in [2.24, 2.45) is 0 Å². The van der Waals surface area contributed by atoms with Crippen LogP contribution in [0.4, 0.5) is 0 Å². The summed E-state index contributed by atoms with van der Waals surface area (Å²) in [6, 6.07) is 1.44. The molecule has 0 fully saturated rings. The molecule has 0 aromatic carbocycles. The molecule has 0 saturated carbocycles. The van der Waals surface area contributed by atoms with Gasteiger partial charge in [-0.15, -0.1) is 0 Å². The smallest absolute Gasteiger partial charge is 0.381 e. The summed E-state index contributed by atoms with van der Waals surface area (Å²) in [6.45, 7) is 2.80. The minimum atomic E-state index is -2.93. The van der Waals surface area contributed by atoms with Gasteiger partial charge in [0.25, 0.3) is 0 Å². The highest BCUT2D eigenvalue weighted by Crippen LogP contribution is 2.51. The van der Waals surface area contributed by atoms with Gasteiger partial charge in [0.15, 0.2) is 0 Å². The molecule has 0 aliphatic carbocycles. The predicted molar refractivity (Wildman–Crippen MR) is 98.4 cm³/mol. The molecule has 1 heterocycles. The van der Waals surface area contributed by atoms with Crippen molar-refractivity contribution < 1.29 is 27.1 Å². The van der Waals surface area contributed by atoms with Crippen LogP contribution < -0.4 is 9.05 Å². The Labute approximate surface area is 152 Å². The Morgan fingerprint density at radius 3 is 1.38 bits per heavy atom. The maximum atomic E-state index is 5.60. The molecule has 1 aromatic heterocycles. The van der Waals surface area contributed by atoms with Gasteiger partial charge in [0, 0.05) is 23.6 Å². The van der Waals surface area contributed by atoms with Crippen molar-refractivity contribution in [2.75, 3.05) is 26.4 Å². The molecular formula is C12H22N2O6P2S2. The van der Waals surface area contributed by atoms with E-state index < -0.39 is 13.4 Å². The summed E-state index contributed by atoms with van der Waals surface area (Å²) in [5, 5.41) is 0. The molecule has 0 aliphatic heterocycles. The molecule has 12 heteroatoms. The van der Waals surface area contributed by atoms with Gasteiger partial charge in [-0.25, -0.2) is 9.97 Å². The molecule has 0 unspecified atom stereocenters. The third-order valence-corrected chi connectivity index (χ3v) is 7.01. The van der Waals surface area contributed by atoms with Crippen molar-refractivity contribution in [2.45, 2.75) is 27.7 Å². The normalized spacial score (nSPS) is 12.2. The SMILES string of the molecule is CCOP(=S)(OCC)Oc1cc(OP(=S)(OCC)OCC)ncn1. The Morgan fingerprint density at radius 1 is 0.750 bits per heavy atom. The zero-order chi connectivity index (χ0) is 18.1. The van der Waals surface area contributed by atoms with E-state index in [1.807, 2.05) is 0 Å². The quantitative estimate of drug-likeness (QED) is 0.469. The average Bonchev–Trinajstić information content (AvgIpc) is 2.47. The molecule has 8 nitrogen and oxygen atoms in total. The molecule has 0 radical (unpaired) electrons. The lowest BCUT2D eigenvalue weighted by atomic mass is 10.6. The molecule has 24 heavy (non-hydrogen) atoms. The van der Waals surface area contributed by atoms with E-state index in [0.717, 1.165) is 0 Å². The van der Waals surface area contributed by atoms with Crippen LogP contribution in [0, 0.1) is 0 Å². The molecule has 1 rings (SSSR count). The number of rotatable bonds is 12. The van der Waals surface area contributed by atoms with E-state index in [1.165, 1.54) is 12.4 Å². The first-order valence-electron chi connectivity index (χ1n) is 7.39. The number of nitrogens with zero attached hydrogens (tertiary/aromatic N) is 2. The predicted octanol–water partition coefficient (Wildman–Crippen LogP) is 3.83. The highest BCUT2D eigenvalue weighted by Gasteiger charge is 2.25. The number of aromatic nitrogens is 2. The van der Waals surface area contributed by atoms with Crippen LogP contribution in [-0.2, 0) is 41.7 Å². The first kappa shape index (κ1) is 21.9. The molecule has 0 amide bonds. The lowest BCUT2D eigenvalue weighted by Gasteiger charge is -2.22. The Kier molecular flexibility index (Phi) is 9.77. The van der Waals surface area contributed by atoms with Gasteiger partial charge < -0.3 is 9.05 Å². The van der Waals surface area contributed by atoms with E-state index in [2.05, 4.69) is 9.97 Å². The van der Waals surface area contributed by atoms with E-state index >= 15 is 0 Å². The van der Waals surface area contributed by atoms with Gasteiger partial charge in [-0.3, -0.25) is 18.1 Å². The first-order valence-corrected chi connectivity index (χ1v) is 12.5. The molecule has 0 atom stereocenters. The minimum absolute atomic E-state index is 0.166. The Hall–Kier alpha value is -0.180. The molecule has 0 bridgehead atoms. The van der Waals surface area contributed by atoms with Crippen LogP contribution in [-0.4, -0.2) is 36.4 Å². The maximum absolute atomic E-state index is 5.60.